The Morgan fingerprint density at radius 1 is 1.40 bits per heavy atom. The molecule has 0 aromatic carbocycles. The predicted molar refractivity (Wildman–Crippen MR) is 70.3 cm³/mol. The number of amides is 1. The lowest BCUT2D eigenvalue weighted by atomic mass is 10.2. The van der Waals surface area contributed by atoms with Gasteiger partial charge in [0.1, 0.15) is 11.6 Å². The number of carbonyl (C=O) groups excluding carboxylic acids is 1. The third kappa shape index (κ3) is 4.52. The molecule has 1 heterocycles. The number of carboxylic acid groups (broad SMARTS) is 1. The van der Waals surface area contributed by atoms with Gasteiger partial charge in [0.2, 0.25) is 0 Å². The van der Waals surface area contributed by atoms with Gasteiger partial charge in [-0.1, -0.05) is 5.21 Å². The molecule has 1 aromatic rings. The Morgan fingerprint density at radius 3 is 2.40 bits per heavy atom. The minimum atomic E-state index is -1.16. The zero-order chi connectivity index (χ0) is 15.5. The highest BCUT2D eigenvalue weighted by Crippen LogP contribution is 2.08. The summed E-state index contributed by atoms with van der Waals surface area (Å²) in [6.45, 7) is 8.65. The standard InChI is InChI=1S/C12H20N4O4/c1-7-8(2)16(15-14-7)6-9(10(17)18)13-11(19)20-12(3,4)5/h9H,6H2,1-5H3,(H,13,19)(H,17,18)/t9-/m0/s1. The first-order valence-electron chi connectivity index (χ1n) is 6.19. The normalized spacial score (nSPS) is 12.8. The van der Waals surface area contributed by atoms with Crippen molar-refractivity contribution >= 4 is 12.1 Å². The number of hydrogen-bond donors (Lipinski definition) is 2. The Hall–Kier alpha value is -2.12. The van der Waals surface area contributed by atoms with Crippen LogP contribution in [0.4, 0.5) is 4.79 Å². The zero-order valence-electron chi connectivity index (χ0n) is 12.3. The number of aryl methyl sites for hydroxylation is 1. The number of aromatic nitrogens is 3. The van der Waals surface area contributed by atoms with Crippen molar-refractivity contribution in [3.63, 3.8) is 0 Å². The summed E-state index contributed by atoms with van der Waals surface area (Å²) in [6, 6.07) is -1.13. The van der Waals surface area contributed by atoms with Gasteiger partial charge in [0.15, 0.2) is 0 Å². The molecule has 0 radical (unpaired) electrons. The second kappa shape index (κ2) is 5.89. The van der Waals surface area contributed by atoms with Crippen LogP contribution in [0.5, 0.6) is 0 Å². The van der Waals surface area contributed by atoms with Gasteiger partial charge in [-0.3, -0.25) is 0 Å². The van der Waals surface area contributed by atoms with Gasteiger partial charge < -0.3 is 15.2 Å². The molecule has 1 atom stereocenters. The molecule has 0 spiro atoms. The highest BCUT2D eigenvalue weighted by atomic mass is 16.6. The molecule has 2 N–H and O–H groups in total. The van der Waals surface area contributed by atoms with Gasteiger partial charge in [-0.2, -0.15) is 0 Å². The quantitative estimate of drug-likeness (QED) is 0.849. The number of ether oxygens (including phenoxy) is 1. The smallest absolute Gasteiger partial charge is 0.408 e. The van der Waals surface area contributed by atoms with E-state index in [4.69, 9.17) is 9.84 Å². The van der Waals surface area contributed by atoms with E-state index in [1.54, 1.807) is 34.6 Å². The molecule has 20 heavy (non-hydrogen) atoms. The fourth-order valence-electron chi connectivity index (χ4n) is 1.43. The summed E-state index contributed by atoms with van der Waals surface area (Å²) in [5.41, 5.74) is 0.779. The summed E-state index contributed by atoms with van der Waals surface area (Å²) in [4.78, 5) is 22.8. The molecule has 0 aliphatic carbocycles. The molecule has 8 heteroatoms. The van der Waals surface area contributed by atoms with Crippen LogP contribution in [0.15, 0.2) is 0 Å². The Morgan fingerprint density at radius 2 is 2.00 bits per heavy atom. The van der Waals surface area contributed by atoms with Gasteiger partial charge in [-0.25, -0.2) is 14.3 Å². The van der Waals surface area contributed by atoms with Gasteiger partial charge in [0, 0.05) is 0 Å². The van der Waals surface area contributed by atoms with E-state index in [9.17, 15) is 9.59 Å². The van der Waals surface area contributed by atoms with E-state index >= 15 is 0 Å². The van der Waals surface area contributed by atoms with Crippen LogP contribution < -0.4 is 5.32 Å². The minimum absolute atomic E-state index is 0.0126. The maximum absolute atomic E-state index is 11.6. The molecule has 0 saturated carbocycles. The van der Waals surface area contributed by atoms with Gasteiger partial charge >= 0.3 is 12.1 Å². The molecule has 0 aliphatic heterocycles. The second-order valence-corrected chi connectivity index (χ2v) is 5.48. The first-order valence-corrected chi connectivity index (χ1v) is 6.19. The van der Waals surface area contributed by atoms with Gasteiger partial charge in [-0.05, 0) is 34.6 Å². The molecule has 0 bridgehead atoms. The van der Waals surface area contributed by atoms with Crippen molar-refractivity contribution in [3.05, 3.63) is 11.4 Å². The van der Waals surface area contributed by atoms with Crippen molar-refractivity contribution < 1.29 is 19.4 Å². The Kier molecular flexibility index (Phi) is 4.69. The van der Waals surface area contributed by atoms with E-state index in [1.165, 1.54) is 4.68 Å². The lowest BCUT2D eigenvalue weighted by molar-refractivity contribution is -0.139. The maximum Gasteiger partial charge on any atom is 0.408 e. The molecule has 8 nitrogen and oxygen atoms in total. The highest BCUT2D eigenvalue weighted by molar-refractivity contribution is 5.79. The van der Waals surface area contributed by atoms with Crippen molar-refractivity contribution in [2.45, 2.75) is 52.8 Å². The molecule has 0 saturated heterocycles. The number of nitrogens with zero attached hydrogens (tertiary/aromatic N) is 3. The summed E-state index contributed by atoms with van der Waals surface area (Å²) < 4.78 is 6.47. The summed E-state index contributed by atoms with van der Waals surface area (Å²) in [5.74, 6) is -1.16. The molecule has 0 aliphatic rings. The molecule has 1 aromatic heterocycles. The molecule has 0 unspecified atom stereocenters. The summed E-state index contributed by atoms with van der Waals surface area (Å²) in [5, 5.41) is 19.1. The van der Waals surface area contributed by atoms with E-state index in [2.05, 4.69) is 15.6 Å². The number of rotatable bonds is 4. The van der Waals surface area contributed by atoms with Crippen LogP contribution in [-0.2, 0) is 16.1 Å². The summed E-state index contributed by atoms with van der Waals surface area (Å²) >= 11 is 0. The van der Waals surface area contributed by atoms with Crippen LogP contribution in [0.2, 0.25) is 0 Å². The van der Waals surface area contributed by atoms with E-state index in [0.717, 1.165) is 5.69 Å². The molecule has 1 rings (SSSR count). The Balaban J connectivity index is 2.73. The molecule has 0 fully saturated rings. The average Bonchev–Trinajstić information content (AvgIpc) is 2.57. The van der Waals surface area contributed by atoms with Crippen LogP contribution >= 0.6 is 0 Å². The molecule has 1 amide bonds. The number of alkyl carbamates (subject to hydrolysis) is 1. The predicted octanol–water partition coefficient (Wildman–Crippen LogP) is 0.873. The summed E-state index contributed by atoms with van der Waals surface area (Å²) in [6.07, 6.45) is -0.778. The van der Waals surface area contributed by atoms with Gasteiger partial charge in [0.25, 0.3) is 0 Å². The average molecular weight is 284 g/mol. The monoisotopic (exact) mass is 284 g/mol. The van der Waals surface area contributed by atoms with Gasteiger partial charge in [0.05, 0.1) is 17.9 Å². The second-order valence-electron chi connectivity index (χ2n) is 5.48. The molecule has 112 valence electrons. The zero-order valence-corrected chi connectivity index (χ0v) is 12.3. The number of nitrogens with one attached hydrogen (secondary N) is 1. The first-order chi connectivity index (χ1) is 9.10. The third-order valence-electron chi connectivity index (χ3n) is 2.56. The fraction of sp³-hybridized carbons (Fsp3) is 0.667. The Labute approximate surface area is 117 Å². The van der Waals surface area contributed by atoms with Crippen molar-refractivity contribution in [1.82, 2.24) is 20.3 Å². The van der Waals surface area contributed by atoms with Crippen LogP contribution in [0.1, 0.15) is 32.2 Å². The van der Waals surface area contributed by atoms with E-state index in [0.29, 0.717) is 5.69 Å². The molecular formula is C12H20N4O4. The van der Waals surface area contributed by atoms with E-state index < -0.39 is 23.7 Å². The number of aliphatic carboxylic acids is 1. The Bertz CT molecular complexity index is 504. The van der Waals surface area contributed by atoms with E-state index in [1.807, 2.05) is 0 Å². The summed E-state index contributed by atoms with van der Waals surface area (Å²) in [7, 11) is 0. The topological polar surface area (TPSA) is 106 Å². The third-order valence-corrected chi connectivity index (χ3v) is 2.56. The number of hydrogen-bond acceptors (Lipinski definition) is 5. The fourth-order valence-corrected chi connectivity index (χ4v) is 1.43. The van der Waals surface area contributed by atoms with Crippen molar-refractivity contribution in [2.75, 3.05) is 0 Å². The largest absolute Gasteiger partial charge is 0.480 e. The first kappa shape index (κ1) is 15.9. The minimum Gasteiger partial charge on any atom is -0.480 e. The van der Waals surface area contributed by atoms with Crippen molar-refractivity contribution in [1.29, 1.82) is 0 Å². The van der Waals surface area contributed by atoms with Crippen LogP contribution in [-0.4, -0.2) is 43.8 Å². The van der Waals surface area contributed by atoms with Crippen molar-refractivity contribution in [2.24, 2.45) is 0 Å². The lowest BCUT2D eigenvalue weighted by Crippen LogP contribution is -2.46. The number of carbonyl (C=O) groups is 2. The van der Waals surface area contributed by atoms with Gasteiger partial charge in [-0.15, -0.1) is 5.10 Å². The van der Waals surface area contributed by atoms with Crippen LogP contribution in [0.25, 0.3) is 0 Å². The lowest BCUT2D eigenvalue weighted by Gasteiger charge is -2.22. The SMILES string of the molecule is Cc1nnn(C[C@H](NC(=O)OC(C)(C)C)C(=O)O)c1C. The maximum atomic E-state index is 11.6. The highest BCUT2D eigenvalue weighted by Gasteiger charge is 2.25. The van der Waals surface area contributed by atoms with Crippen LogP contribution in [0, 0.1) is 13.8 Å². The van der Waals surface area contributed by atoms with E-state index in [-0.39, 0.29) is 6.54 Å². The number of carboxylic acids is 1. The van der Waals surface area contributed by atoms with Crippen LogP contribution in [0.3, 0.4) is 0 Å². The molecular weight excluding hydrogens is 264 g/mol. The van der Waals surface area contributed by atoms with Crippen molar-refractivity contribution in [3.8, 4) is 0 Å².